The van der Waals surface area contributed by atoms with Gasteiger partial charge >= 0.3 is 0 Å². The van der Waals surface area contributed by atoms with Gasteiger partial charge in [-0.2, -0.15) is 0 Å². The maximum Gasteiger partial charge on any atom is 0.233 e. The Morgan fingerprint density at radius 2 is 2.00 bits per heavy atom. The minimum atomic E-state index is -0.0978. The van der Waals surface area contributed by atoms with Crippen LogP contribution in [0.3, 0.4) is 0 Å². The largest absolute Gasteiger partial charge is 0.330 e. The fraction of sp³-hybridized carbons (Fsp3) is 0.833. The Bertz CT molecular complexity index is 134. The monoisotopic (exact) mass is 209 g/mol. The predicted molar refractivity (Wildman–Crippen MR) is 55.5 cm³/mol. The van der Waals surface area contributed by atoms with Crippen molar-refractivity contribution in [2.75, 3.05) is 24.6 Å². The first-order valence-electron chi connectivity index (χ1n) is 3.65. The molecule has 0 rings (SSSR count). The maximum absolute atomic E-state index is 10.6. The van der Waals surface area contributed by atoms with E-state index in [4.69, 9.17) is 11.6 Å². The summed E-state index contributed by atoms with van der Waals surface area (Å²) in [6.45, 7) is 2.74. The lowest BCUT2D eigenvalue weighted by molar-refractivity contribution is -0.128. The third-order valence-electron chi connectivity index (χ3n) is 1.10. The molecule has 0 aromatic rings. The minimum absolute atomic E-state index is 0.0978. The maximum atomic E-state index is 10.6. The van der Waals surface area contributed by atoms with E-state index < -0.39 is 0 Å². The summed E-state index contributed by atoms with van der Waals surface area (Å²) in [7, 11) is 3.39. The SMILES string of the molecule is CC(=O)N(N)CCSSCCN. The van der Waals surface area contributed by atoms with E-state index in [1.807, 2.05) is 0 Å². The van der Waals surface area contributed by atoms with Crippen LogP contribution in [0.2, 0.25) is 0 Å². The fourth-order valence-corrected chi connectivity index (χ4v) is 2.28. The molecule has 6 heteroatoms. The normalized spacial score (nSPS) is 9.92. The summed E-state index contributed by atoms with van der Waals surface area (Å²) in [6, 6.07) is 0. The average Bonchev–Trinajstić information content (AvgIpc) is 2.03. The Hall–Kier alpha value is 0.0900. The van der Waals surface area contributed by atoms with Gasteiger partial charge in [-0.3, -0.25) is 9.80 Å². The Kier molecular flexibility index (Phi) is 7.78. The van der Waals surface area contributed by atoms with Crippen LogP contribution < -0.4 is 11.6 Å². The van der Waals surface area contributed by atoms with Crippen LogP contribution in [0.4, 0.5) is 0 Å². The van der Waals surface area contributed by atoms with Gasteiger partial charge in [0.2, 0.25) is 5.91 Å². The third kappa shape index (κ3) is 6.78. The molecule has 0 aliphatic heterocycles. The molecule has 0 saturated carbocycles. The highest BCUT2D eigenvalue weighted by molar-refractivity contribution is 8.76. The molecule has 0 atom stereocenters. The molecule has 0 bridgehead atoms. The third-order valence-corrected chi connectivity index (χ3v) is 3.52. The Morgan fingerprint density at radius 1 is 1.42 bits per heavy atom. The van der Waals surface area contributed by atoms with E-state index in [0.29, 0.717) is 13.1 Å². The first-order chi connectivity index (χ1) is 5.68. The summed E-state index contributed by atoms with van der Waals surface area (Å²) in [5.41, 5.74) is 5.30. The molecule has 0 aliphatic rings. The summed E-state index contributed by atoms with van der Waals surface area (Å²) in [5.74, 6) is 7.06. The van der Waals surface area contributed by atoms with Crippen LogP contribution in [0, 0.1) is 0 Å². The first-order valence-corrected chi connectivity index (χ1v) is 6.14. The van der Waals surface area contributed by atoms with Gasteiger partial charge in [-0.15, -0.1) is 0 Å². The molecule has 0 saturated heterocycles. The quantitative estimate of drug-likeness (QED) is 0.213. The molecule has 0 radical (unpaired) electrons. The number of hydrazine groups is 1. The second-order valence-corrected chi connectivity index (χ2v) is 4.85. The minimum Gasteiger partial charge on any atom is -0.330 e. The summed E-state index contributed by atoms with van der Waals surface area (Å²) >= 11 is 0. The zero-order valence-electron chi connectivity index (χ0n) is 7.16. The lowest BCUT2D eigenvalue weighted by Gasteiger charge is -2.12. The molecule has 1 amide bonds. The predicted octanol–water partition coefficient (Wildman–Crippen LogP) is 0.0487. The average molecular weight is 209 g/mol. The molecular weight excluding hydrogens is 194 g/mol. The smallest absolute Gasteiger partial charge is 0.233 e. The van der Waals surface area contributed by atoms with Crippen molar-refractivity contribution in [1.82, 2.24) is 5.01 Å². The molecule has 0 heterocycles. The van der Waals surface area contributed by atoms with Crippen molar-refractivity contribution in [2.45, 2.75) is 6.92 Å². The molecule has 0 fully saturated rings. The number of carbonyl (C=O) groups excluding carboxylic acids is 1. The standard InChI is InChI=1S/C6H15N3OS2/c1-6(10)9(8)3-5-12-11-4-2-7/h2-5,7-8H2,1H3. The number of hydrogen-bond acceptors (Lipinski definition) is 5. The number of rotatable bonds is 6. The Labute approximate surface area is 80.8 Å². The van der Waals surface area contributed by atoms with Crippen molar-refractivity contribution in [3.05, 3.63) is 0 Å². The van der Waals surface area contributed by atoms with E-state index in [1.54, 1.807) is 21.6 Å². The Morgan fingerprint density at radius 3 is 2.50 bits per heavy atom. The molecule has 12 heavy (non-hydrogen) atoms. The topological polar surface area (TPSA) is 72.3 Å². The fourth-order valence-electron chi connectivity index (χ4n) is 0.459. The highest BCUT2D eigenvalue weighted by Crippen LogP contribution is 2.19. The van der Waals surface area contributed by atoms with E-state index in [0.717, 1.165) is 11.5 Å². The Balaban J connectivity index is 3.14. The first kappa shape index (κ1) is 12.1. The van der Waals surface area contributed by atoms with Crippen LogP contribution in [-0.2, 0) is 4.79 Å². The summed E-state index contributed by atoms with van der Waals surface area (Å²) in [4.78, 5) is 10.6. The lowest BCUT2D eigenvalue weighted by Crippen LogP contribution is -2.37. The van der Waals surface area contributed by atoms with Gasteiger partial charge in [-0.05, 0) is 0 Å². The zero-order chi connectivity index (χ0) is 9.40. The van der Waals surface area contributed by atoms with Gasteiger partial charge in [-0.1, -0.05) is 21.6 Å². The molecule has 0 aromatic carbocycles. The van der Waals surface area contributed by atoms with Crippen LogP contribution in [-0.4, -0.2) is 35.5 Å². The summed E-state index contributed by atoms with van der Waals surface area (Å²) < 4.78 is 0. The van der Waals surface area contributed by atoms with Gasteiger partial charge in [0.25, 0.3) is 0 Å². The van der Waals surface area contributed by atoms with Crippen molar-refractivity contribution >= 4 is 27.5 Å². The number of nitrogens with two attached hydrogens (primary N) is 2. The lowest BCUT2D eigenvalue weighted by atomic mass is 10.6. The van der Waals surface area contributed by atoms with Crippen LogP contribution in [0.1, 0.15) is 6.92 Å². The molecule has 0 unspecified atom stereocenters. The van der Waals surface area contributed by atoms with Gasteiger partial charge in [0.1, 0.15) is 0 Å². The van der Waals surface area contributed by atoms with Crippen LogP contribution in [0.5, 0.6) is 0 Å². The highest BCUT2D eigenvalue weighted by Gasteiger charge is 2.01. The van der Waals surface area contributed by atoms with Gasteiger partial charge in [0.05, 0.1) is 0 Å². The van der Waals surface area contributed by atoms with Crippen LogP contribution in [0.15, 0.2) is 0 Å². The van der Waals surface area contributed by atoms with E-state index in [2.05, 4.69) is 0 Å². The van der Waals surface area contributed by atoms with Crippen molar-refractivity contribution in [1.29, 1.82) is 0 Å². The summed E-state index contributed by atoms with van der Waals surface area (Å²) in [6.07, 6.45) is 0. The molecule has 0 aromatic heterocycles. The second-order valence-electron chi connectivity index (χ2n) is 2.15. The van der Waals surface area contributed by atoms with Crippen LogP contribution >= 0.6 is 21.6 Å². The van der Waals surface area contributed by atoms with E-state index in [1.165, 1.54) is 11.9 Å². The molecule has 4 nitrogen and oxygen atoms in total. The van der Waals surface area contributed by atoms with Crippen molar-refractivity contribution in [2.24, 2.45) is 11.6 Å². The highest BCUT2D eigenvalue weighted by atomic mass is 33.1. The zero-order valence-corrected chi connectivity index (χ0v) is 8.79. The number of amides is 1. The van der Waals surface area contributed by atoms with Crippen molar-refractivity contribution in [3.8, 4) is 0 Å². The van der Waals surface area contributed by atoms with Crippen molar-refractivity contribution in [3.63, 3.8) is 0 Å². The van der Waals surface area contributed by atoms with Gasteiger partial charge in [-0.25, -0.2) is 5.84 Å². The van der Waals surface area contributed by atoms with Gasteiger partial charge in [0, 0.05) is 31.5 Å². The summed E-state index contributed by atoms with van der Waals surface area (Å²) in [5, 5.41) is 1.22. The van der Waals surface area contributed by atoms with Gasteiger partial charge in [0.15, 0.2) is 0 Å². The van der Waals surface area contributed by atoms with Crippen LogP contribution in [0.25, 0.3) is 0 Å². The number of nitrogens with zero attached hydrogens (tertiary/aromatic N) is 1. The molecular formula is C6H15N3OS2. The number of carbonyl (C=O) groups is 1. The van der Waals surface area contributed by atoms with E-state index >= 15 is 0 Å². The van der Waals surface area contributed by atoms with Gasteiger partial charge < -0.3 is 5.73 Å². The molecule has 0 aliphatic carbocycles. The molecule has 72 valence electrons. The second kappa shape index (κ2) is 7.72. The molecule has 0 spiro atoms. The van der Waals surface area contributed by atoms with E-state index in [-0.39, 0.29) is 5.91 Å². The van der Waals surface area contributed by atoms with Crippen molar-refractivity contribution < 1.29 is 4.79 Å². The molecule has 4 N–H and O–H groups in total. The number of hydrogen-bond donors (Lipinski definition) is 2. The van der Waals surface area contributed by atoms with E-state index in [9.17, 15) is 4.79 Å².